The molecular weight excluding hydrogens is 1050 g/mol. The minimum Gasteiger partial charge on any atom is -0.464 e. The van der Waals surface area contributed by atoms with Crippen molar-refractivity contribution in [2.24, 2.45) is 5.73 Å². The fraction of sp³-hybridized carbons (Fsp3) is 0.467. The lowest BCUT2D eigenvalue weighted by Crippen LogP contribution is -2.47. The molecule has 2 atom stereocenters. The highest BCUT2D eigenvalue weighted by molar-refractivity contribution is 7.80. The van der Waals surface area contributed by atoms with E-state index in [9.17, 15) is 24.0 Å². The monoisotopic (exact) mass is 1110 g/mol. The molecule has 2 amide bonds. The Bertz CT molecular complexity index is 2830. The highest BCUT2D eigenvalue weighted by Crippen LogP contribution is 2.34. The van der Waals surface area contributed by atoms with Crippen LogP contribution in [0, 0.1) is 0 Å². The standard InChI is InChI=1S/C26H29N5O6S4.C19H26N4O4S3/c1-25(2,3)36-23(33)13(31-24(34)37-26(4,5)6)8-18-27-14(9-38-18)19-28-15(10-39-19)20-29-16(11-40-20)21-30-17(12-41-21)22(32)35-7;1-18(2,3)26-16(24)10(23-17(25)27-19(4,5)6)7-13-21-12(9-29-13)15-22-11(8-30-15)14(20)28/h9-13H,8H2,1-7H3,(H,31,34);8-10H,7H2,1-6H3,(H2,20,28)(H,23,25)/t13-;10-/m00/s1. The van der Waals surface area contributed by atoms with Crippen LogP contribution in [0.5, 0.6) is 0 Å². The third-order valence-electron chi connectivity index (χ3n) is 8.17. The lowest BCUT2D eigenvalue weighted by molar-refractivity contribution is -0.158. The molecule has 26 heteroatoms. The third kappa shape index (κ3) is 18.0. The highest BCUT2D eigenvalue weighted by Gasteiger charge is 2.32. The number of nitrogens with two attached hydrogens (primary N) is 1. The molecule has 0 aromatic carbocycles. The zero-order valence-corrected chi connectivity index (χ0v) is 46.9. The molecule has 0 unspecified atom stereocenters. The molecule has 0 aliphatic carbocycles. The van der Waals surface area contributed by atoms with Crippen LogP contribution in [0.4, 0.5) is 9.59 Å². The van der Waals surface area contributed by atoms with E-state index in [1.807, 2.05) is 21.5 Å². The number of rotatable bonds is 14. The lowest BCUT2D eigenvalue weighted by Gasteiger charge is -2.25. The van der Waals surface area contributed by atoms with Gasteiger partial charge in [-0.05, 0) is 83.1 Å². The zero-order chi connectivity index (χ0) is 52.6. The number of carbonyl (C=O) groups is 5. The molecule has 0 spiro atoms. The Morgan fingerprint density at radius 1 is 0.507 bits per heavy atom. The minimum atomic E-state index is -0.978. The number of esters is 3. The summed E-state index contributed by atoms with van der Waals surface area (Å²) in [5.74, 6) is -1.63. The van der Waals surface area contributed by atoms with E-state index < -0.39 is 64.6 Å². The summed E-state index contributed by atoms with van der Waals surface area (Å²) in [7, 11) is 1.31. The molecule has 71 heavy (non-hydrogen) atoms. The van der Waals surface area contributed by atoms with Gasteiger partial charge >= 0.3 is 30.1 Å². The summed E-state index contributed by atoms with van der Waals surface area (Å²) in [6, 6.07) is -1.92. The first-order chi connectivity index (χ1) is 32.9. The SMILES string of the molecule is CC(C)(C)OC(=O)N[C@@H](Cc1nc(-c2nc(C(N)=S)cs2)cs1)C(=O)OC(C)(C)C.COC(=O)c1csc(-c2csc(-c3csc(-c4csc(C[C@H](NC(=O)OC(C)(C)C)C(=O)OC(C)(C)C)n4)n3)n2)n1. The van der Waals surface area contributed by atoms with Gasteiger partial charge in [0.15, 0.2) is 5.69 Å². The van der Waals surface area contributed by atoms with Gasteiger partial charge in [0.25, 0.3) is 0 Å². The summed E-state index contributed by atoms with van der Waals surface area (Å²) in [6.07, 6.45) is -1.12. The maximum absolute atomic E-state index is 12.9. The first-order valence-corrected chi connectivity index (χ1v) is 27.2. The molecule has 382 valence electrons. The van der Waals surface area contributed by atoms with E-state index >= 15 is 0 Å². The van der Waals surface area contributed by atoms with Gasteiger partial charge in [-0.1, -0.05) is 12.2 Å². The van der Waals surface area contributed by atoms with Crippen LogP contribution in [-0.2, 0) is 46.1 Å². The normalized spacial score (nSPS) is 12.7. The molecule has 6 heterocycles. The molecule has 19 nitrogen and oxygen atoms in total. The number of thiocarbonyl (C=S) groups is 1. The number of aromatic nitrogens is 6. The number of thiazole rings is 6. The Balaban J connectivity index is 0.000000278. The number of nitrogens with one attached hydrogen (secondary N) is 2. The Labute approximate surface area is 440 Å². The van der Waals surface area contributed by atoms with E-state index in [4.69, 9.17) is 46.6 Å². The van der Waals surface area contributed by atoms with Crippen LogP contribution in [0.15, 0.2) is 32.3 Å². The highest BCUT2D eigenvalue weighted by atomic mass is 32.1. The fourth-order valence-electron chi connectivity index (χ4n) is 5.46. The first-order valence-electron chi connectivity index (χ1n) is 21.5. The Morgan fingerprint density at radius 3 is 1.18 bits per heavy atom. The lowest BCUT2D eigenvalue weighted by atomic mass is 10.1. The molecule has 4 N–H and O–H groups in total. The van der Waals surface area contributed by atoms with Crippen LogP contribution < -0.4 is 16.4 Å². The van der Waals surface area contributed by atoms with Crippen LogP contribution in [-0.4, -0.2) is 107 Å². The van der Waals surface area contributed by atoms with Crippen molar-refractivity contribution in [1.82, 2.24) is 40.5 Å². The van der Waals surface area contributed by atoms with E-state index in [0.29, 0.717) is 58.5 Å². The van der Waals surface area contributed by atoms with Gasteiger partial charge < -0.3 is 40.1 Å². The van der Waals surface area contributed by atoms with Crippen molar-refractivity contribution in [2.75, 3.05) is 7.11 Å². The molecule has 0 aliphatic heterocycles. The van der Waals surface area contributed by atoms with Gasteiger partial charge in [-0.3, -0.25) is 0 Å². The van der Waals surface area contributed by atoms with E-state index in [2.05, 4.69) is 35.6 Å². The van der Waals surface area contributed by atoms with Gasteiger partial charge in [-0.2, -0.15) is 0 Å². The molecule has 6 rings (SSSR count). The molecule has 0 aliphatic rings. The van der Waals surface area contributed by atoms with E-state index in [1.165, 1.54) is 75.1 Å². The largest absolute Gasteiger partial charge is 0.464 e. The smallest absolute Gasteiger partial charge is 0.408 e. The minimum absolute atomic E-state index is 0.133. The predicted molar refractivity (Wildman–Crippen MR) is 281 cm³/mol. The van der Waals surface area contributed by atoms with E-state index in [-0.39, 0.29) is 23.5 Å². The van der Waals surface area contributed by atoms with Crippen LogP contribution in [0.3, 0.4) is 0 Å². The Morgan fingerprint density at radius 2 is 0.831 bits per heavy atom. The number of methoxy groups -OCH3 is 1. The number of hydrogen-bond donors (Lipinski definition) is 3. The van der Waals surface area contributed by atoms with E-state index in [0.717, 1.165) is 0 Å². The quantitative estimate of drug-likeness (QED) is 0.0521. The Kier molecular flexibility index (Phi) is 18.7. The molecule has 0 saturated carbocycles. The maximum atomic E-state index is 12.9. The molecule has 0 saturated heterocycles. The number of amides is 2. The van der Waals surface area contributed by atoms with Gasteiger partial charge in [0.2, 0.25) is 0 Å². The van der Waals surface area contributed by atoms with Crippen LogP contribution in [0.2, 0.25) is 0 Å². The predicted octanol–water partition coefficient (Wildman–Crippen LogP) is 9.76. The number of alkyl carbamates (subject to hydrolysis) is 2. The van der Waals surface area contributed by atoms with Crippen LogP contribution in [0.25, 0.3) is 42.8 Å². The number of carbonyl (C=O) groups excluding carboxylic acids is 5. The second-order valence-electron chi connectivity index (χ2n) is 19.1. The Hall–Kier alpha value is -5.38. The van der Waals surface area contributed by atoms with E-state index in [1.54, 1.807) is 93.8 Å². The summed E-state index contributed by atoms with van der Waals surface area (Å²) >= 11 is 13.2. The summed E-state index contributed by atoms with van der Waals surface area (Å²) in [5.41, 5.74) is 6.21. The van der Waals surface area contributed by atoms with Crippen molar-refractivity contribution in [2.45, 2.75) is 130 Å². The van der Waals surface area contributed by atoms with Crippen molar-refractivity contribution >= 4 is 115 Å². The number of ether oxygens (including phenoxy) is 5. The van der Waals surface area contributed by atoms with Gasteiger partial charge in [0.05, 0.1) is 17.1 Å². The van der Waals surface area contributed by atoms with Crippen molar-refractivity contribution in [3.63, 3.8) is 0 Å². The summed E-state index contributed by atoms with van der Waals surface area (Å²) < 4.78 is 26.3. The summed E-state index contributed by atoms with van der Waals surface area (Å²) in [5, 5.41) is 20.0. The second kappa shape index (κ2) is 23.4. The zero-order valence-electron chi connectivity index (χ0n) is 41.2. The molecule has 0 bridgehead atoms. The molecule has 0 radical (unpaired) electrons. The molecular formula is C45H55N9O10S7. The average Bonchev–Trinajstić information content (AvgIpc) is 4.09. The number of hydrogen-bond acceptors (Lipinski definition) is 23. The van der Waals surface area contributed by atoms with Crippen LogP contribution in [0.1, 0.15) is 109 Å². The first kappa shape index (κ1) is 56.5. The molecule has 6 aromatic heterocycles. The van der Waals surface area contributed by atoms with Gasteiger partial charge in [-0.15, -0.1) is 68.0 Å². The number of nitrogens with zero attached hydrogens (tertiary/aromatic N) is 6. The van der Waals surface area contributed by atoms with Crippen molar-refractivity contribution < 1.29 is 47.7 Å². The molecule has 0 fully saturated rings. The van der Waals surface area contributed by atoms with Crippen molar-refractivity contribution in [3.8, 4) is 42.8 Å². The fourth-order valence-corrected chi connectivity index (χ4v) is 10.6. The molecule has 6 aromatic rings. The van der Waals surface area contributed by atoms with Crippen molar-refractivity contribution in [3.05, 3.63) is 53.7 Å². The van der Waals surface area contributed by atoms with Crippen molar-refractivity contribution in [1.29, 1.82) is 0 Å². The maximum Gasteiger partial charge on any atom is 0.408 e. The third-order valence-corrected chi connectivity index (χ3v) is 13.6. The average molecular weight is 1110 g/mol. The van der Waals surface area contributed by atoms with Gasteiger partial charge in [0, 0.05) is 45.1 Å². The van der Waals surface area contributed by atoms with Gasteiger partial charge in [0.1, 0.15) is 88.0 Å². The topological polar surface area (TPSA) is 259 Å². The van der Waals surface area contributed by atoms with Gasteiger partial charge in [-0.25, -0.2) is 53.9 Å². The second-order valence-corrected chi connectivity index (χ2v) is 24.9. The summed E-state index contributed by atoms with van der Waals surface area (Å²) in [6.45, 7) is 21.1. The van der Waals surface area contributed by atoms with Crippen LogP contribution >= 0.6 is 80.2 Å². The summed E-state index contributed by atoms with van der Waals surface area (Å²) in [4.78, 5) is 89.4.